The molecule has 1 aromatic rings. The molecule has 1 aliphatic rings. The third-order valence-corrected chi connectivity index (χ3v) is 4.55. The molecule has 1 fully saturated rings. The minimum Gasteiger partial charge on any atom is -0.493 e. The summed E-state index contributed by atoms with van der Waals surface area (Å²) in [7, 11) is 1.80. The van der Waals surface area contributed by atoms with Crippen LogP contribution >= 0.6 is 0 Å². The van der Waals surface area contributed by atoms with Gasteiger partial charge in [0.15, 0.2) is 0 Å². The van der Waals surface area contributed by atoms with Crippen molar-refractivity contribution in [2.24, 2.45) is 11.8 Å². The van der Waals surface area contributed by atoms with Crippen LogP contribution in [0, 0.1) is 11.8 Å². The Hall–Kier alpha value is -1.10. The van der Waals surface area contributed by atoms with Gasteiger partial charge in [0, 0.05) is 33.4 Å². The second kappa shape index (κ2) is 18.0. The molecule has 0 aromatic heterocycles. The molecule has 0 radical (unpaired) electrons. The molecule has 1 aromatic carbocycles. The molecule has 0 spiro atoms. The van der Waals surface area contributed by atoms with E-state index in [1.807, 2.05) is 27.7 Å². The first-order valence-electron chi connectivity index (χ1n) is 11.3. The summed E-state index contributed by atoms with van der Waals surface area (Å²) in [4.78, 5) is 2.56. The third kappa shape index (κ3) is 12.4. The lowest BCUT2D eigenvalue weighted by atomic mass is 9.98. The maximum absolute atomic E-state index is 5.72. The molecular weight excluding hydrogens is 348 g/mol. The molecule has 164 valence electrons. The monoisotopic (exact) mass is 394 g/mol. The number of nitrogens with zero attached hydrogens (tertiary/aromatic N) is 1. The first kappa shape index (κ1) is 26.9. The number of ether oxygens (including phenoxy) is 2. The van der Waals surface area contributed by atoms with Crippen molar-refractivity contribution in [3.8, 4) is 5.75 Å². The Balaban J connectivity index is 0.00000171. The van der Waals surface area contributed by atoms with Gasteiger partial charge in [-0.3, -0.25) is 0 Å². The molecule has 4 nitrogen and oxygen atoms in total. The van der Waals surface area contributed by atoms with Crippen molar-refractivity contribution in [1.29, 1.82) is 0 Å². The highest BCUT2D eigenvalue weighted by Gasteiger charge is 2.18. The van der Waals surface area contributed by atoms with Crippen molar-refractivity contribution in [2.75, 3.05) is 46.5 Å². The zero-order valence-corrected chi connectivity index (χ0v) is 19.6. The van der Waals surface area contributed by atoms with E-state index in [2.05, 4.69) is 48.3 Å². The van der Waals surface area contributed by atoms with Crippen LogP contribution in [0.3, 0.4) is 0 Å². The van der Waals surface area contributed by atoms with Gasteiger partial charge in [-0.25, -0.2) is 0 Å². The average molecular weight is 395 g/mol. The normalized spacial score (nSPS) is 14.7. The van der Waals surface area contributed by atoms with Gasteiger partial charge < -0.3 is 19.7 Å². The second-order valence-electron chi connectivity index (χ2n) is 7.27. The fourth-order valence-corrected chi connectivity index (χ4v) is 3.05. The lowest BCUT2D eigenvalue weighted by Crippen LogP contribution is -2.39. The Morgan fingerprint density at radius 2 is 1.64 bits per heavy atom. The molecule has 0 saturated carbocycles. The fraction of sp³-hybridized carbons (Fsp3) is 0.750. The number of hydrogen-bond donors (Lipinski definition) is 1. The van der Waals surface area contributed by atoms with Crippen LogP contribution in [-0.2, 0) is 11.3 Å². The molecule has 1 heterocycles. The van der Waals surface area contributed by atoms with Crippen LogP contribution in [0.1, 0.15) is 59.9 Å². The van der Waals surface area contributed by atoms with Crippen molar-refractivity contribution in [3.05, 3.63) is 29.8 Å². The van der Waals surface area contributed by atoms with Crippen LogP contribution in [0.4, 0.5) is 0 Å². The Morgan fingerprint density at radius 3 is 2.18 bits per heavy atom. The molecule has 28 heavy (non-hydrogen) atoms. The van der Waals surface area contributed by atoms with E-state index in [1.54, 1.807) is 7.11 Å². The molecule has 1 aliphatic heterocycles. The van der Waals surface area contributed by atoms with Crippen LogP contribution in [0.15, 0.2) is 24.3 Å². The number of benzene rings is 1. The predicted octanol–water partition coefficient (Wildman–Crippen LogP) is 5.22. The standard InChI is InChI=1S/C20H34N2O2.2C2H6/c1-17(2)15-24-20-6-4-18(5-7-20)14-21-10-13-22-11-8-19(9-12-22)16-23-3;2*1-2/h4-7,17,19,21H,8-16H2,1-3H3;2*1-2H3. The highest BCUT2D eigenvalue weighted by molar-refractivity contribution is 5.27. The summed E-state index contributed by atoms with van der Waals surface area (Å²) in [6.07, 6.45) is 2.54. The molecule has 1 N–H and O–H groups in total. The molecule has 0 amide bonds. The first-order chi connectivity index (χ1) is 13.7. The Labute approximate surface area is 175 Å². The Kier molecular flexibility index (Phi) is 17.3. The fourth-order valence-electron chi connectivity index (χ4n) is 3.05. The molecule has 4 heteroatoms. The smallest absolute Gasteiger partial charge is 0.119 e. The molecule has 0 unspecified atom stereocenters. The zero-order chi connectivity index (χ0) is 21.2. The Bertz CT molecular complexity index is 440. The van der Waals surface area contributed by atoms with Crippen molar-refractivity contribution in [3.63, 3.8) is 0 Å². The van der Waals surface area contributed by atoms with Gasteiger partial charge in [-0.2, -0.15) is 0 Å². The zero-order valence-electron chi connectivity index (χ0n) is 19.6. The van der Waals surface area contributed by atoms with Gasteiger partial charge in [0.25, 0.3) is 0 Å². The van der Waals surface area contributed by atoms with Crippen molar-refractivity contribution >= 4 is 0 Å². The summed E-state index contributed by atoms with van der Waals surface area (Å²) in [6, 6.07) is 8.44. The van der Waals surface area contributed by atoms with Crippen LogP contribution in [-0.4, -0.2) is 51.4 Å². The van der Waals surface area contributed by atoms with Crippen molar-refractivity contribution in [2.45, 2.75) is 60.9 Å². The maximum atomic E-state index is 5.72. The van der Waals surface area contributed by atoms with E-state index in [0.29, 0.717) is 5.92 Å². The molecule has 2 rings (SSSR count). The van der Waals surface area contributed by atoms with Crippen LogP contribution in [0.2, 0.25) is 0 Å². The topological polar surface area (TPSA) is 33.7 Å². The van der Waals surface area contributed by atoms with E-state index >= 15 is 0 Å². The van der Waals surface area contributed by atoms with E-state index in [-0.39, 0.29) is 0 Å². The van der Waals surface area contributed by atoms with Gasteiger partial charge in [0.1, 0.15) is 5.75 Å². The van der Waals surface area contributed by atoms with E-state index in [0.717, 1.165) is 44.5 Å². The summed E-state index contributed by atoms with van der Waals surface area (Å²) in [5, 5.41) is 3.55. The van der Waals surface area contributed by atoms with Gasteiger partial charge >= 0.3 is 0 Å². The SMILES string of the molecule is CC.CC.COCC1CCN(CCNCc2ccc(OCC(C)C)cc2)CC1. The third-order valence-electron chi connectivity index (χ3n) is 4.55. The van der Waals surface area contributed by atoms with E-state index in [1.165, 1.54) is 31.5 Å². The lowest BCUT2D eigenvalue weighted by Gasteiger charge is -2.31. The van der Waals surface area contributed by atoms with Gasteiger partial charge in [-0.05, 0) is 55.5 Å². The highest BCUT2D eigenvalue weighted by Crippen LogP contribution is 2.17. The summed E-state index contributed by atoms with van der Waals surface area (Å²) >= 11 is 0. The number of piperidine rings is 1. The number of rotatable bonds is 10. The van der Waals surface area contributed by atoms with E-state index in [4.69, 9.17) is 9.47 Å². The van der Waals surface area contributed by atoms with E-state index in [9.17, 15) is 0 Å². The number of likely N-dealkylation sites (tertiary alicyclic amines) is 1. The summed E-state index contributed by atoms with van der Waals surface area (Å²) in [6.45, 7) is 19.5. The second-order valence-corrected chi connectivity index (χ2v) is 7.27. The minimum atomic E-state index is 0.561. The predicted molar refractivity (Wildman–Crippen MR) is 122 cm³/mol. The molecular formula is C24H46N2O2. The van der Waals surface area contributed by atoms with Crippen molar-refractivity contribution in [1.82, 2.24) is 10.2 Å². The van der Waals surface area contributed by atoms with Gasteiger partial charge in [0.05, 0.1) is 6.61 Å². The molecule has 0 atom stereocenters. The summed E-state index contributed by atoms with van der Waals surface area (Å²) in [5.41, 5.74) is 1.31. The van der Waals surface area contributed by atoms with Gasteiger partial charge in [-0.1, -0.05) is 53.7 Å². The first-order valence-corrected chi connectivity index (χ1v) is 11.3. The summed E-state index contributed by atoms with van der Waals surface area (Å²) in [5.74, 6) is 2.29. The number of nitrogens with one attached hydrogen (secondary N) is 1. The lowest BCUT2D eigenvalue weighted by molar-refractivity contribution is 0.0998. The largest absolute Gasteiger partial charge is 0.493 e. The van der Waals surface area contributed by atoms with Crippen LogP contribution in [0.5, 0.6) is 5.75 Å². The molecule has 0 bridgehead atoms. The van der Waals surface area contributed by atoms with E-state index < -0.39 is 0 Å². The highest BCUT2D eigenvalue weighted by atomic mass is 16.5. The van der Waals surface area contributed by atoms with Crippen LogP contribution < -0.4 is 10.1 Å². The maximum Gasteiger partial charge on any atom is 0.119 e. The summed E-state index contributed by atoms with van der Waals surface area (Å²) < 4.78 is 11.0. The van der Waals surface area contributed by atoms with Crippen LogP contribution in [0.25, 0.3) is 0 Å². The molecule has 0 aliphatic carbocycles. The quantitative estimate of drug-likeness (QED) is 0.552. The van der Waals surface area contributed by atoms with Gasteiger partial charge in [-0.15, -0.1) is 0 Å². The Morgan fingerprint density at radius 1 is 1.04 bits per heavy atom. The minimum absolute atomic E-state index is 0.561. The number of hydrogen-bond acceptors (Lipinski definition) is 4. The number of methoxy groups -OCH3 is 1. The average Bonchev–Trinajstić information content (AvgIpc) is 2.75. The van der Waals surface area contributed by atoms with Gasteiger partial charge in [0.2, 0.25) is 0 Å². The van der Waals surface area contributed by atoms with Crippen molar-refractivity contribution < 1.29 is 9.47 Å². The molecule has 1 saturated heterocycles.